The fourth-order valence-electron chi connectivity index (χ4n) is 3.95. The second-order valence-electron chi connectivity index (χ2n) is 8.06. The topological polar surface area (TPSA) is 136 Å². The molecule has 1 aliphatic heterocycles. The number of amides is 3. The van der Waals surface area contributed by atoms with E-state index in [1.165, 1.54) is 12.1 Å². The van der Waals surface area contributed by atoms with E-state index in [-0.39, 0.29) is 30.0 Å². The number of fused-ring (bicyclic) bond motifs is 1. The lowest BCUT2D eigenvalue weighted by Crippen LogP contribution is -2.71. The van der Waals surface area contributed by atoms with Gasteiger partial charge in [0.05, 0.1) is 11.6 Å². The summed E-state index contributed by atoms with van der Waals surface area (Å²) in [5, 5.41) is 2.66. The second kappa shape index (κ2) is 9.95. The van der Waals surface area contributed by atoms with Crippen molar-refractivity contribution in [3.05, 3.63) is 35.4 Å². The van der Waals surface area contributed by atoms with Crippen molar-refractivity contribution in [3.63, 3.8) is 0 Å². The number of nitrogens with two attached hydrogens (primary N) is 2. The van der Waals surface area contributed by atoms with Crippen LogP contribution in [0.15, 0.2) is 24.3 Å². The molecular weight excluding hydrogens is 384 g/mol. The van der Waals surface area contributed by atoms with Crippen molar-refractivity contribution in [3.8, 4) is 0 Å². The summed E-state index contributed by atoms with van der Waals surface area (Å²) in [6.45, 7) is 6.11. The third-order valence-electron chi connectivity index (χ3n) is 5.29. The zero-order chi connectivity index (χ0) is 22.5. The van der Waals surface area contributed by atoms with Gasteiger partial charge in [-0.3, -0.25) is 24.1 Å². The van der Waals surface area contributed by atoms with E-state index >= 15 is 0 Å². The van der Waals surface area contributed by atoms with Crippen molar-refractivity contribution in [2.75, 3.05) is 13.1 Å². The highest BCUT2D eigenvalue weighted by Gasteiger charge is 2.59. The maximum absolute atomic E-state index is 13.7. The Morgan fingerprint density at radius 1 is 1.13 bits per heavy atom. The van der Waals surface area contributed by atoms with E-state index in [4.69, 9.17) is 11.5 Å². The smallest absolute Gasteiger partial charge is 0.262 e. The van der Waals surface area contributed by atoms with Crippen LogP contribution in [0.3, 0.4) is 0 Å². The van der Waals surface area contributed by atoms with Gasteiger partial charge in [-0.2, -0.15) is 0 Å². The van der Waals surface area contributed by atoms with Gasteiger partial charge in [0.2, 0.25) is 5.91 Å². The molecule has 2 atom stereocenters. The Kier molecular flexibility index (Phi) is 7.86. The fourth-order valence-corrected chi connectivity index (χ4v) is 3.95. The monoisotopic (exact) mass is 416 g/mol. The van der Waals surface area contributed by atoms with E-state index in [9.17, 15) is 19.2 Å². The molecular formula is C22H32N4O4. The maximum Gasteiger partial charge on any atom is 0.262 e. The van der Waals surface area contributed by atoms with Crippen LogP contribution in [0, 0.1) is 5.92 Å². The highest BCUT2D eigenvalue weighted by atomic mass is 16.2. The molecule has 164 valence electrons. The van der Waals surface area contributed by atoms with Gasteiger partial charge >= 0.3 is 0 Å². The highest BCUT2D eigenvalue weighted by Crippen LogP contribution is 2.37. The molecule has 1 heterocycles. The normalized spacial score (nSPS) is 19.6. The van der Waals surface area contributed by atoms with Crippen LogP contribution >= 0.6 is 0 Å². The summed E-state index contributed by atoms with van der Waals surface area (Å²) >= 11 is 0. The molecule has 0 fully saturated rings. The third kappa shape index (κ3) is 4.29. The lowest BCUT2D eigenvalue weighted by molar-refractivity contribution is -0.143. The molecule has 1 aromatic rings. The van der Waals surface area contributed by atoms with Crippen molar-refractivity contribution in [2.24, 2.45) is 17.4 Å². The Hall–Kier alpha value is -2.58. The third-order valence-corrected chi connectivity index (χ3v) is 5.29. The number of Topliss-reactive ketones (excluding diaryl/α,β-unsaturated/α-hetero) is 1. The van der Waals surface area contributed by atoms with Gasteiger partial charge in [0.15, 0.2) is 11.3 Å². The maximum atomic E-state index is 13.7. The van der Waals surface area contributed by atoms with Crippen LogP contribution in [0.1, 0.15) is 67.2 Å². The van der Waals surface area contributed by atoms with E-state index < -0.39 is 35.1 Å². The summed E-state index contributed by atoms with van der Waals surface area (Å²) in [5.41, 5.74) is 9.92. The first-order chi connectivity index (χ1) is 14.2. The molecule has 3 amide bonds. The largest absolute Gasteiger partial charge is 0.354 e. The Bertz CT molecular complexity index is 823. The predicted octanol–water partition coefficient (Wildman–Crippen LogP) is 1.23. The van der Waals surface area contributed by atoms with Gasteiger partial charge in [0.25, 0.3) is 11.8 Å². The molecule has 1 aliphatic rings. The molecule has 0 radical (unpaired) electrons. The lowest BCUT2D eigenvalue weighted by Gasteiger charge is -2.45. The van der Waals surface area contributed by atoms with Crippen LogP contribution in [0.25, 0.3) is 0 Å². The van der Waals surface area contributed by atoms with Gasteiger partial charge in [-0.1, -0.05) is 38.5 Å². The van der Waals surface area contributed by atoms with Gasteiger partial charge in [-0.25, -0.2) is 0 Å². The molecule has 0 aromatic heterocycles. The SMILES string of the molecule is CCNC(=O)[C@@]1(CC(C)C)C(=O)c2ccccc2C(=O)N1C(=O)[C@@H](N)CCCCN. The molecule has 0 aliphatic carbocycles. The number of nitrogens with one attached hydrogen (secondary N) is 1. The number of carbonyl (C=O) groups is 4. The van der Waals surface area contributed by atoms with Gasteiger partial charge in [-0.05, 0) is 44.7 Å². The lowest BCUT2D eigenvalue weighted by atomic mass is 9.74. The first-order valence-electron chi connectivity index (χ1n) is 10.5. The van der Waals surface area contributed by atoms with Crippen LogP contribution in [0.5, 0.6) is 0 Å². The Labute approximate surface area is 177 Å². The molecule has 0 spiro atoms. The molecule has 8 heteroatoms. The zero-order valence-corrected chi connectivity index (χ0v) is 17.9. The van der Waals surface area contributed by atoms with Crippen molar-refractivity contribution in [1.82, 2.24) is 10.2 Å². The molecule has 0 unspecified atom stereocenters. The first kappa shape index (κ1) is 23.7. The number of imide groups is 1. The standard InChI is InChI=1S/C22H32N4O4/c1-4-25-21(30)22(13-14(2)3)18(27)15-9-5-6-10-16(15)19(28)26(22)20(29)17(24)11-7-8-12-23/h5-6,9-10,14,17H,4,7-8,11-13,23-24H2,1-3H3,(H,25,30)/t17-,22+/m0/s1. The summed E-state index contributed by atoms with van der Waals surface area (Å²) < 4.78 is 0. The highest BCUT2D eigenvalue weighted by molar-refractivity contribution is 6.30. The molecule has 5 N–H and O–H groups in total. The van der Waals surface area contributed by atoms with Crippen LogP contribution in [0.4, 0.5) is 0 Å². The summed E-state index contributed by atoms with van der Waals surface area (Å²) in [6.07, 6.45) is 1.61. The molecule has 0 saturated heterocycles. The van der Waals surface area contributed by atoms with Gasteiger partial charge in [0.1, 0.15) is 0 Å². The summed E-state index contributed by atoms with van der Waals surface area (Å²) in [4.78, 5) is 54.6. The Morgan fingerprint density at radius 2 is 1.77 bits per heavy atom. The molecule has 1 aromatic carbocycles. The molecule has 0 bridgehead atoms. The minimum atomic E-state index is -1.96. The number of carbonyl (C=O) groups excluding carboxylic acids is 4. The molecule has 30 heavy (non-hydrogen) atoms. The van der Waals surface area contributed by atoms with E-state index in [2.05, 4.69) is 5.32 Å². The number of benzene rings is 1. The van der Waals surface area contributed by atoms with Crippen LogP contribution in [-0.4, -0.2) is 53.1 Å². The van der Waals surface area contributed by atoms with Gasteiger partial charge in [-0.15, -0.1) is 0 Å². The van der Waals surface area contributed by atoms with E-state index in [0.29, 0.717) is 25.8 Å². The summed E-state index contributed by atoms with van der Waals surface area (Å²) in [6, 6.07) is 5.26. The number of ketones is 1. The number of rotatable bonds is 9. The minimum Gasteiger partial charge on any atom is -0.354 e. The van der Waals surface area contributed by atoms with Crippen LogP contribution in [0.2, 0.25) is 0 Å². The van der Waals surface area contributed by atoms with Crippen molar-refractivity contribution >= 4 is 23.5 Å². The molecule has 0 saturated carbocycles. The quantitative estimate of drug-likeness (QED) is 0.409. The number of unbranched alkanes of at least 4 members (excludes halogenated alkanes) is 1. The average Bonchev–Trinajstić information content (AvgIpc) is 2.71. The van der Waals surface area contributed by atoms with E-state index in [1.807, 2.05) is 13.8 Å². The zero-order valence-electron chi connectivity index (χ0n) is 17.9. The van der Waals surface area contributed by atoms with Crippen LogP contribution < -0.4 is 16.8 Å². The fraction of sp³-hybridized carbons (Fsp3) is 0.545. The second-order valence-corrected chi connectivity index (χ2v) is 8.06. The number of hydrogen-bond acceptors (Lipinski definition) is 6. The summed E-state index contributed by atoms with van der Waals surface area (Å²) in [7, 11) is 0. The Morgan fingerprint density at radius 3 is 2.33 bits per heavy atom. The van der Waals surface area contributed by atoms with Gasteiger partial charge < -0.3 is 16.8 Å². The predicted molar refractivity (Wildman–Crippen MR) is 114 cm³/mol. The average molecular weight is 417 g/mol. The number of hydrogen-bond donors (Lipinski definition) is 3. The number of nitrogens with zero attached hydrogens (tertiary/aromatic N) is 1. The van der Waals surface area contributed by atoms with Gasteiger partial charge in [0, 0.05) is 12.1 Å². The van der Waals surface area contributed by atoms with E-state index in [1.54, 1.807) is 19.1 Å². The summed E-state index contributed by atoms with van der Waals surface area (Å²) in [5.74, 6) is -2.74. The van der Waals surface area contributed by atoms with E-state index in [0.717, 1.165) is 4.90 Å². The Balaban J connectivity index is 2.65. The van der Waals surface area contributed by atoms with Crippen molar-refractivity contribution in [1.29, 1.82) is 0 Å². The van der Waals surface area contributed by atoms with Crippen molar-refractivity contribution in [2.45, 2.75) is 58.0 Å². The minimum absolute atomic E-state index is 0.0129. The first-order valence-corrected chi connectivity index (χ1v) is 10.5. The molecule has 2 rings (SSSR count). The van der Waals surface area contributed by atoms with Crippen LogP contribution in [-0.2, 0) is 9.59 Å². The number of likely N-dealkylation sites (N-methyl/N-ethyl adjacent to an activating group) is 1. The molecule has 8 nitrogen and oxygen atoms in total. The van der Waals surface area contributed by atoms with Crippen molar-refractivity contribution < 1.29 is 19.2 Å².